The van der Waals surface area contributed by atoms with Gasteiger partial charge in [-0.05, 0) is 60.5 Å². The Morgan fingerprint density at radius 1 is 1.03 bits per heavy atom. The third kappa shape index (κ3) is 6.65. The van der Waals surface area contributed by atoms with Crippen LogP contribution < -0.4 is 10.4 Å². The summed E-state index contributed by atoms with van der Waals surface area (Å²) in [6.45, 7) is 7.97. The first-order valence-corrected chi connectivity index (χ1v) is 11.5. The van der Waals surface area contributed by atoms with Gasteiger partial charge in [-0.25, -0.2) is 4.79 Å². The van der Waals surface area contributed by atoms with E-state index in [1.54, 1.807) is 34.1 Å². The predicted molar refractivity (Wildman–Crippen MR) is 138 cm³/mol. The Balaban J connectivity index is 1.67. The van der Waals surface area contributed by atoms with E-state index in [2.05, 4.69) is 25.8 Å². The van der Waals surface area contributed by atoms with E-state index in [4.69, 9.17) is 14.3 Å². The van der Waals surface area contributed by atoms with Gasteiger partial charge >= 0.3 is 5.69 Å². The van der Waals surface area contributed by atoms with Crippen molar-refractivity contribution in [1.82, 2.24) is 19.8 Å². The van der Waals surface area contributed by atoms with Crippen LogP contribution in [0.3, 0.4) is 0 Å². The minimum Gasteiger partial charge on any atom is -0.497 e. The van der Waals surface area contributed by atoms with Gasteiger partial charge in [0.2, 0.25) is 5.90 Å². The normalized spacial score (nSPS) is 12.6. The smallest absolute Gasteiger partial charge is 0.368 e. The molecular formula is C25H31N7O4. The van der Waals surface area contributed by atoms with Crippen molar-refractivity contribution < 1.29 is 14.3 Å². The van der Waals surface area contributed by atoms with E-state index in [9.17, 15) is 4.79 Å². The molecule has 11 nitrogen and oxygen atoms in total. The molecule has 0 saturated carbocycles. The van der Waals surface area contributed by atoms with Gasteiger partial charge in [-0.2, -0.15) is 14.5 Å². The molecule has 0 unspecified atom stereocenters. The Labute approximate surface area is 209 Å². The highest BCUT2D eigenvalue weighted by molar-refractivity contribution is 6.40. The number of benzene rings is 2. The average Bonchev–Trinajstić information content (AvgIpc) is 3.22. The summed E-state index contributed by atoms with van der Waals surface area (Å²) in [5.41, 5.74) is 4.17. The van der Waals surface area contributed by atoms with Gasteiger partial charge in [-0.1, -0.05) is 36.3 Å². The molecule has 0 radical (unpaired) electrons. The van der Waals surface area contributed by atoms with Crippen molar-refractivity contribution in [3.05, 3.63) is 69.6 Å². The van der Waals surface area contributed by atoms with Gasteiger partial charge in [0.05, 0.1) is 24.2 Å². The number of tetrazole rings is 1. The Morgan fingerprint density at radius 2 is 1.81 bits per heavy atom. The molecule has 36 heavy (non-hydrogen) atoms. The fourth-order valence-electron chi connectivity index (χ4n) is 3.13. The van der Waals surface area contributed by atoms with Gasteiger partial charge in [-0.15, -0.1) is 5.10 Å². The summed E-state index contributed by atoms with van der Waals surface area (Å²) in [7, 11) is 3.17. The Bertz CT molecular complexity index is 1340. The molecule has 190 valence electrons. The standard InChI is InChI=1S/C25H31N7O4/c1-7-24(27-26-18(3)19(4)28-36-15-20-11-9-12-21(14-20)34-6)35-16-22-17(2)10-8-13-23(22)32-25(33)31(5)29-30-32/h8-14H,7,15-16H2,1-6H3/b26-18-,27-24+,28-19+. The first-order chi connectivity index (χ1) is 17.3. The summed E-state index contributed by atoms with van der Waals surface area (Å²) in [5, 5.41) is 20.4. The maximum Gasteiger partial charge on any atom is 0.368 e. The first kappa shape index (κ1) is 26.3. The number of rotatable bonds is 10. The average molecular weight is 494 g/mol. The summed E-state index contributed by atoms with van der Waals surface area (Å²) < 4.78 is 13.6. The van der Waals surface area contributed by atoms with Crippen molar-refractivity contribution in [3.8, 4) is 11.4 Å². The van der Waals surface area contributed by atoms with Gasteiger partial charge in [0.25, 0.3) is 0 Å². The molecule has 0 aliphatic heterocycles. The number of ether oxygens (including phenoxy) is 2. The molecule has 0 saturated heterocycles. The fraction of sp³-hybridized carbons (Fsp3) is 0.360. The molecule has 3 aromatic rings. The number of methoxy groups -OCH3 is 1. The molecule has 0 spiro atoms. The molecule has 1 heterocycles. The minimum absolute atomic E-state index is 0.197. The molecule has 0 atom stereocenters. The largest absolute Gasteiger partial charge is 0.497 e. The number of hydrogen-bond acceptors (Lipinski definition) is 9. The Kier molecular flexibility index (Phi) is 9.09. The second-order valence-electron chi connectivity index (χ2n) is 7.99. The minimum atomic E-state index is -0.338. The summed E-state index contributed by atoms with van der Waals surface area (Å²) in [5.74, 6) is 1.21. The zero-order valence-electron chi connectivity index (χ0n) is 21.4. The van der Waals surface area contributed by atoms with Gasteiger partial charge in [0.1, 0.15) is 19.0 Å². The van der Waals surface area contributed by atoms with Crippen LogP contribution in [-0.4, -0.2) is 44.2 Å². The van der Waals surface area contributed by atoms with Gasteiger partial charge in [-0.3, -0.25) is 0 Å². The lowest BCUT2D eigenvalue weighted by Gasteiger charge is -2.13. The van der Waals surface area contributed by atoms with Crippen molar-refractivity contribution >= 4 is 17.3 Å². The molecule has 2 aromatic carbocycles. The van der Waals surface area contributed by atoms with Crippen molar-refractivity contribution in [2.75, 3.05) is 7.11 Å². The number of hydrogen-bond donors (Lipinski definition) is 0. The molecule has 0 aliphatic carbocycles. The molecule has 1 aromatic heterocycles. The van der Waals surface area contributed by atoms with E-state index in [1.807, 2.05) is 50.2 Å². The predicted octanol–water partition coefficient (Wildman–Crippen LogP) is 3.58. The lowest BCUT2D eigenvalue weighted by Crippen LogP contribution is -2.23. The van der Waals surface area contributed by atoms with Crippen LogP contribution in [0.15, 0.2) is 62.6 Å². The lowest BCUT2D eigenvalue weighted by atomic mass is 10.1. The fourth-order valence-corrected chi connectivity index (χ4v) is 3.13. The maximum atomic E-state index is 12.3. The number of oxime groups is 1. The van der Waals surface area contributed by atoms with Crippen LogP contribution in [0.5, 0.6) is 5.75 Å². The lowest BCUT2D eigenvalue weighted by molar-refractivity contribution is 0.131. The van der Waals surface area contributed by atoms with Crippen molar-refractivity contribution in [1.29, 1.82) is 0 Å². The third-order valence-corrected chi connectivity index (χ3v) is 5.42. The SMILES string of the molecule is CC\C(=N/N=C(C)\C(C)=N\OCc1cccc(OC)c1)OCc1c(C)cccc1-n1nnn(C)c1=O. The van der Waals surface area contributed by atoms with E-state index in [0.717, 1.165) is 22.4 Å². The quantitative estimate of drug-likeness (QED) is 0.242. The molecule has 0 N–H and O–H groups in total. The first-order valence-electron chi connectivity index (χ1n) is 11.5. The van der Waals surface area contributed by atoms with Crippen LogP contribution in [0, 0.1) is 6.92 Å². The van der Waals surface area contributed by atoms with E-state index in [-0.39, 0.29) is 12.3 Å². The van der Waals surface area contributed by atoms with Gasteiger partial charge < -0.3 is 14.3 Å². The molecule has 11 heteroatoms. The highest BCUT2D eigenvalue weighted by Crippen LogP contribution is 2.18. The van der Waals surface area contributed by atoms with Crippen LogP contribution in [-0.2, 0) is 29.8 Å². The number of aryl methyl sites for hydroxylation is 2. The van der Waals surface area contributed by atoms with Crippen molar-refractivity contribution in [2.24, 2.45) is 22.4 Å². The molecule has 0 bridgehead atoms. The van der Waals surface area contributed by atoms with Gasteiger partial charge in [0, 0.05) is 19.0 Å². The Morgan fingerprint density at radius 3 is 2.50 bits per heavy atom. The summed E-state index contributed by atoms with van der Waals surface area (Å²) >= 11 is 0. The van der Waals surface area contributed by atoms with Crippen LogP contribution >= 0.6 is 0 Å². The molecule has 0 aliphatic rings. The molecule has 0 amide bonds. The summed E-state index contributed by atoms with van der Waals surface area (Å²) in [4.78, 5) is 17.8. The zero-order chi connectivity index (χ0) is 26.1. The van der Waals surface area contributed by atoms with Crippen molar-refractivity contribution in [2.45, 2.75) is 47.3 Å². The second-order valence-corrected chi connectivity index (χ2v) is 7.99. The molecule has 0 fully saturated rings. The second kappa shape index (κ2) is 12.4. The van der Waals surface area contributed by atoms with E-state index in [1.165, 1.54) is 9.36 Å². The Hall–Kier alpha value is -4.28. The van der Waals surface area contributed by atoms with Crippen LogP contribution in [0.2, 0.25) is 0 Å². The molecular weight excluding hydrogens is 462 g/mol. The van der Waals surface area contributed by atoms with Crippen LogP contribution in [0.1, 0.15) is 43.9 Å². The highest BCUT2D eigenvalue weighted by atomic mass is 16.6. The summed E-state index contributed by atoms with van der Waals surface area (Å²) in [6.07, 6.45) is 0.533. The highest BCUT2D eigenvalue weighted by Gasteiger charge is 2.14. The molecule has 3 rings (SSSR count). The van der Waals surface area contributed by atoms with E-state index < -0.39 is 0 Å². The van der Waals surface area contributed by atoms with E-state index in [0.29, 0.717) is 36.0 Å². The summed E-state index contributed by atoms with van der Waals surface area (Å²) in [6, 6.07) is 13.2. The zero-order valence-corrected chi connectivity index (χ0v) is 21.4. The number of aromatic nitrogens is 4. The van der Waals surface area contributed by atoms with E-state index >= 15 is 0 Å². The number of nitrogens with zero attached hydrogens (tertiary/aromatic N) is 7. The van der Waals surface area contributed by atoms with Crippen LogP contribution in [0.25, 0.3) is 5.69 Å². The topological polar surface area (TPSA) is 117 Å². The third-order valence-electron chi connectivity index (χ3n) is 5.42. The van der Waals surface area contributed by atoms with Crippen molar-refractivity contribution in [3.63, 3.8) is 0 Å². The van der Waals surface area contributed by atoms with Crippen LogP contribution in [0.4, 0.5) is 0 Å². The monoisotopic (exact) mass is 493 g/mol. The van der Waals surface area contributed by atoms with Gasteiger partial charge in [0.15, 0.2) is 0 Å². The maximum absolute atomic E-state index is 12.3.